The third kappa shape index (κ3) is 3.88. The van der Waals surface area contributed by atoms with Crippen molar-refractivity contribution in [3.63, 3.8) is 0 Å². The zero-order valence-corrected chi connectivity index (χ0v) is 13.7. The number of rotatable bonds is 5. The number of hydrazone groups is 1. The fraction of sp³-hybridized carbons (Fsp3) is 0. The Morgan fingerprint density at radius 1 is 1.20 bits per heavy atom. The molecular formula is C17H13N5O2S. The van der Waals surface area contributed by atoms with E-state index in [2.05, 4.69) is 15.5 Å². The zero-order chi connectivity index (χ0) is 17.6. The highest BCUT2D eigenvalue weighted by molar-refractivity contribution is 7.12. The molecule has 0 spiro atoms. The molecule has 0 saturated carbocycles. The van der Waals surface area contributed by atoms with Gasteiger partial charge in [-0.05, 0) is 6.07 Å². The molecule has 1 aromatic heterocycles. The van der Waals surface area contributed by atoms with E-state index in [0.717, 1.165) is 11.3 Å². The fourth-order valence-electron chi connectivity index (χ4n) is 2.13. The second-order valence-electron chi connectivity index (χ2n) is 4.94. The molecule has 0 aliphatic heterocycles. The predicted octanol–water partition coefficient (Wildman–Crippen LogP) is 2.55. The molecule has 1 atom stereocenters. The number of para-hydroxylation sites is 2. The summed E-state index contributed by atoms with van der Waals surface area (Å²) in [6.45, 7) is 0. The molecule has 1 heterocycles. The molecule has 124 valence electrons. The first-order chi connectivity index (χ1) is 12.2. The number of hydrogen-bond acceptors (Lipinski definition) is 7. The lowest BCUT2D eigenvalue weighted by Crippen LogP contribution is -2.99. The normalized spacial score (nSPS) is 12.4. The maximum Gasteiger partial charge on any atom is 0.196 e. The second kappa shape index (κ2) is 7.65. The molecule has 0 amide bonds. The number of nitrogens with zero attached hydrogens (tertiary/aromatic N) is 3. The predicted molar refractivity (Wildman–Crippen MR) is 95.5 cm³/mol. The Balaban J connectivity index is 1.85. The highest BCUT2D eigenvalue weighted by Crippen LogP contribution is 2.22. The average Bonchev–Trinajstić information content (AvgIpc) is 3.13. The summed E-state index contributed by atoms with van der Waals surface area (Å²) in [6, 6.07) is 18.0. The van der Waals surface area contributed by atoms with Crippen LogP contribution < -0.4 is 10.7 Å². The molecule has 0 radical (unpaired) electrons. The van der Waals surface area contributed by atoms with Crippen LogP contribution in [0, 0.1) is 16.5 Å². The van der Waals surface area contributed by atoms with Crippen molar-refractivity contribution >= 4 is 28.4 Å². The lowest BCUT2D eigenvalue weighted by Gasteiger charge is -2.14. The largest absolute Gasteiger partial charge is 0.595 e. The summed E-state index contributed by atoms with van der Waals surface area (Å²) < 4.78 is 0. The van der Waals surface area contributed by atoms with E-state index in [4.69, 9.17) is 0 Å². The van der Waals surface area contributed by atoms with Gasteiger partial charge in [0.25, 0.3) is 0 Å². The molecule has 25 heavy (non-hydrogen) atoms. The Labute approximate surface area is 147 Å². The van der Waals surface area contributed by atoms with Crippen LogP contribution in [0.4, 0.5) is 11.4 Å². The minimum Gasteiger partial charge on any atom is -0.595 e. The van der Waals surface area contributed by atoms with Crippen LogP contribution in [-0.2, 0) is 0 Å². The maximum absolute atomic E-state index is 11.2. The summed E-state index contributed by atoms with van der Waals surface area (Å²) in [5.74, 6) is 0. The van der Waals surface area contributed by atoms with Gasteiger partial charge in [0.15, 0.2) is 16.4 Å². The van der Waals surface area contributed by atoms with E-state index in [9.17, 15) is 15.7 Å². The number of quaternary nitrogens is 1. The summed E-state index contributed by atoms with van der Waals surface area (Å²) in [4.78, 5) is 4.43. The number of thiazole rings is 1. The van der Waals surface area contributed by atoms with Gasteiger partial charge in [0, 0.05) is 17.0 Å². The number of nitrogens with one attached hydrogen (secondary N) is 2. The highest BCUT2D eigenvalue weighted by Gasteiger charge is 2.12. The van der Waals surface area contributed by atoms with E-state index in [-0.39, 0.29) is 11.4 Å². The standard InChI is InChI=1S/C17H13N5O2S/c18-10-14(21-20-13-8-4-5-9-16(13)22(23)24)17-19-15(11-25-17)12-6-2-1-3-7-12/h1-9,11,20,22-23H. The molecule has 3 aromatic rings. The molecule has 3 N–H and O–H groups in total. The summed E-state index contributed by atoms with van der Waals surface area (Å²) in [5, 5.41) is 35.0. The van der Waals surface area contributed by atoms with Crippen LogP contribution in [0.15, 0.2) is 65.1 Å². The summed E-state index contributed by atoms with van der Waals surface area (Å²) in [5.41, 5.74) is 4.83. The topological polar surface area (TPSA) is 109 Å². The molecule has 7 nitrogen and oxygen atoms in total. The highest BCUT2D eigenvalue weighted by atomic mass is 32.1. The lowest BCUT2D eigenvalue weighted by molar-refractivity contribution is -0.990. The van der Waals surface area contributed by atoms with E-state index < -0.39 is 5.23 Å². The lowest BCUT2D eigenvalue weighted by atomic mass is 10.2. The quantitative estimate of drug-likeness (QED) is 0.483. The maximum atomic E-state index is 11.2. The molecule has 0 aliphatic rings. The van der Waals surface area contributed by atoms with Crippen LogP contribution in [0.2, 0.25) is 0 Å². The van der Waals surface area contributed by atoms with Crippen molar-refractivity contribution in [1.82, 2.24) is 4.98 Å². The summed E-state index contributed by atoms with van der Waals surface area (Å²) >= 11 is 1.30. The second-order valence-corrected chi connectivity index (χ2v) is 5.80. The summed E-state index contributed by atoms with van der Waals surface area (Å²) in [7, 11) is 0. The minimum absolute atomic E-state index is 0.0765. The van der Waals surface area contributed by atoms with Crippen molar-refractivity contribution in [3.05, 3.63) is 70.2 Å². The van der Waals surface area contributed by atoms with Crippen molar-refractivity contribution < 1.29 is 10.4 Å². The number of anilines is 1. The number of hydrogen-bond donors (Lipinski definition) is 3. The van der Waals surface area contributed by atoms with Crippen LogP contribution in [0.25, 0.3) is 11.3 Å². The van der Waals surface area contributed by atoms with Gasteiger partial charge >= 0.3 is 0 Å². The molecule has 2 aromatic carbocycles. The first-order valence-corrected chi connectivity index (χ1v) is 8.14. The molecule has 0 fully saturated rings. The van der Waals surface area contributed by atoms with Gasteiger partial charge in [-0.25, -0.2) is 10.2 Å². The zero-order valence-electron chi connectivity index (χ0n) is 12.9. The fourth-order valence-corrected chi connectivity index (χ4v) is 2.89. The third-order valence-electron chi connectivity index (χ3n) is 3.33. The number of benzene rings is 2. The van der Waals surface area contributed by atoms with Gasteiger partial charge < -0.3 is 5.21 Å². The van der Waals surface area contributed by atoms with Crippen LogP contribution in [0.3, 0.4) is 0 Å². The average molecular weight is 351 g/mol. The van der Waals surface area contributed by atoms with Crippen LogP contribution in [-0.4, -0.2) is 15.9 Å². The van der Waals surface area contributed by atoms with Gasteiger partial charge in [-0.2, -0.15) is 15.6 Å². The molecule has 0 bridgehead atoms. The van der Waals surface area contributed by atoms with Gasteiger partial charge in [-0.15, -0.1) is 11.3 Å². The molecule has 8 heteroatoms. The van der Waals surface area contributed by atoms with Gasteiger partial charge in [0.2, 0.25) is 0 Å². The van der Waals surface area contributed by atoms with Gasteiger partial charge in [0.1, 0.15) is 11.8 Å². The Kier molecular flexibility index (Phi) is 5.13. The van der Waals surface area contributed by atoms with Crippen molar-refractivity contribution in [1.29, 1.82) is 5.26 Å². The van der Waals surface area contributed by atoms with E-state index in [1.807, 2.05) is 41.8 Å². The monoisotopic (exact) mass is 351 g/mol. The molecule has 0 aliphatic carbocycles. The Hall–Kier alpha value is -3.09. The van der Waals surface area contributed by atoms with Crippen molar-refractivity contribution in [3.8, 4) is 17.3 Å². The number of aromatic nitrogens is 1. The smallest absolute Gasteiger partial charge is 0.196 e. The van der Waals surface area contributed by atoms with E-state index in [0.29, 0.717) is 10.7 Å². The SMILES string of the molecule is N#CC(=NNc1ccccc1[NH+]([O-])O)c1nc(-c2ccccc2)cs1. The van der Waals surface area contributed by atoms with E-state index in [1.165, 1.54) is 17.4 Å². The molecule has 3 rings (SSSR count). The third-order valence-corrected chi connectivity index (χ3v) is 4.18. The van der Waals surface area contributed by atoms with Crippen molar-refractivity contribution in [2.24, 2.45) is 5.10 Å². The van der Waals surface area contributed by atoms with Gasteiger partial charge in [-0.3, -0.25) is 5.43 Å². The van der Waals surface area contributed by atoms with Crippen LogP contribution in [0.1, 0.15) is 5.01 Å². The Morgan fingerprint density at radius 2 is 1.92 bits per heavy atom. The van der Waals surface area contributed by atoms with Gasteiger partial charge in [-0.1, -0.05) is 42.5 Å². The minimum atomic E-state index is -1.07. The first kappa shape index (κ1) is 16.8. The van der Waals surface area contributed by atoms with Crippen molar-refractivity contribution in [2.45, 2.75) is 0 Å². The Bertz CT molecular complexity index is 931. The molecule has 1 unspecified atom stereocenters. The Morgan fingerprint density at radius 3 is 2.64 bits per heavy atom. The first-order valence-electron chi connectivity index (χ1n) is 7.26. The number of nitriles is 1. The van der Waals surface area contributed by atoms with E-state index in [1.54, 1.807) is 18.2 Å². The molecular weight excluding hydrogens is 338 g/mol. The summed E-state index contributed by atoms with van der Waals surface area (Å²) in [6.07, 6.45) is 0. The van der Waals surface area contributed by atoms with Gasteiger partial charge in [0.05, 0.1) is 5.69 Å². The molecule has 0 saturated heterocycles. The van der Waals surface area contributed by atoms with Crippen molar-refractivity contribution in [2.75, 3.05) is 5.43 Å². The van der Waals surface area contributed by atoms with Crippen LogP contribution >= 0.6 is 11.3 Å². The van der Waals surface area contributed by atoms with Crippen LogP contribution in [0.5, 0.6) is 0 Å². The van der Waals surface area contributed by atoms with E-state index >= 15 is 0 Å².